The summed E-state index contributed by atoms with van der Waals surface area (Å²) in [6.45, 7) is 6.29. The van der Waals surface area contributed by atoms with E-state index in [9.17, 15) is 9.59 Å². The molecule has 0 aromatic carbocycles. The summed E-state index contributed by atoms with van der Waals surface area (Å²) < 4.78 is 0. The number of fused-ring (bicyclic) bond motifs is 3. The Hall–Kier alpha value is -3.11. The normalized spacial score (nSPS) is 24.8. The van der Waals surface area contributed by atoms with Crippen molar-refractivity contribution in [3.8, 4) is 0 Å². The van der Waals surface area contributed by atoms with Crippen molar-refractivity contribution in [2.75, 3.05) is 43.4 Å². The molecule has 2 aromatic rings. The minimum absolute atomic E-state index is 0.0378. The fourth-order valence-electron chi connectivity index (χ4n) is 4.49. The number of carbonyl (C=O) groups excluding carboxylic acids is 2. The number of nitrogens with zero attached hydrogens (tertiary/aromatic N) is 5. The Morgan fingerprint density at radius 1 is 1.19 bits per heavy atom. The van der Waals surface area contributed by atoms with Crippen molar-refractivity contribution in [3.05, 3.63) is 41.7 Å². The van der Waals surface area contributed by atoms with E-state index in [2.05, 4.69) is 46.8 Å². The molecule has 2 amide bonds. The van der Waals surface area contributed by atoms with Crippen LogP contribution in [-0.2, 0) is 11.3 Å². The molecule has 0 aliphatic carbocycles. The number of anilines is 2. The van der Waals surface area contributed by atoms with E-state index >= 15 is 0 Å². The lowest BCUT2D eigenvalue weighted by molar-refractivity contribution is -0.119. The third-order valence-electron chi connectivity index (χ3n) is 6.48. The Bertz CT molecular complexity index is 1020. The highest BCUT2D eigenvalue weighted by Gasteiger charge is 2.62. The maximum Gasteiger partial charge on any atom is 0.288 e. The largest absolute Gasteiger partial charge is 0.366 e. The molecule has 0 spiro atoms. The third kappa shape index (κ3) is 3.41. The van der Waals surface area contributed by atoms with E-state index in [-0.39, 0.29) is 23.7 Å². The first-order chi connectivity index (χ1) is 15.0. The van der Waals surface area contributed by atoms with Crippen molar-refractivity contribution >= 4 is 23.2 Å². The third-order valence-corrected chi connectivity index (χ3v) is 6.48. The standard InChI is InChI=1S/C21H26N8O2/c1-3-21-17(27-21)16-15(26-20(21)31)8-13(9-23-16)12-28-4-6-29(7-5-28)14-10-24-18(25-11-14)19(30)22-2/h8-11,17,27H,3-7,12H2,1-2H3,(H,22,30)(H,26,31)/t17-,21-/m0/s1. The summed E-state index contributed by atoms with van der Waals surface area (Å²) in [4.78, 5) is 41.6. The summed E-state index contributed by atoms with van der Waals surface area (Å²) in [6, 6.07) is 2.09. The monoisotopic (exact) mass is 422 g/mol. The average Bonchev–Trinajstić information content (AvgIpc) is 3.56. The second-order valence-corrected chi connectivity index (χ2v) is 8.24. The number of aromatic nitrogens is 3. The van der Waals surface area contributed by atoms with Crippen LogP contribution in [0.3, 0.4) is 0 Å². The first-order valence-electron chi connectivity index (χ1n) is 10.6. The van der Waals surface area contributed by atoms with Gasteiger partial charge in [-0.05, 0) is 18.1 Å². The molecule has 3 aliphatic rings. The van der Waals surface area contributed by atoms with Crippen molar-refractivity contribution in [1.29, 1.82) is 0 Å². The zero-order valence-corrected chi connectivity index (χ0v) is 17.7. The predicted octanol–water partition coefficient (Wildman–Crippen LogP) is 0.299. The van der Waals surface area contributed by atoms with Crippen LogP contribution in [0.1, 0.15) is 41.3 Å². The number of rotatable bonds is 5. The van der Waals surface area contributed by atoms with Crippen LogP contribution in [-0.4, -0.2) is 70.4 Å². The van der Waals surface area contributed by atoms with Gasteiger partial charge in [0.2, 0.25) is 11.7 Å². The molecule has 0 bridgehead atoms. The molecule has 2 aromatic heterocycles. The summed E-state index contributed by atoms with van der Waals surface area (Å²) >= 11 is 0. The summed E-state index contributed by atoms with van der Waals surface area (Å²) in [7, 11) is 1.56. The van der Waals surface area contributed by atoms with Crippen LogP contribution >= 0.6 is 0 Å². The van der Waals surface area contributed by atoms with Gasteiger partial charge in [-0.25, -0.2) is 9.97 Å². The average molecular weight is 422 g/mol. The molecular weight excluding hydrogens is 396 g/mol. The van der Waals surface area contributed by atoms with Gasteiger partial charge in [-0.1, -0.05) is 6.92 Å². The van der Waals surface area contributed by atoms with Crippen LogP contribution in [0.2, 0.25) is 0 Å². The van der Waals surface area contributed by atoms with Crippen LogP contribution in [0.5, 0.6) is 0 Å². The quantitative estimate of drug-likeness (QED) is 0.588. The summed E-state index contributed by atoms with van der Waals surface area (Å²) in [5.41, 5.74) is 3.32. The molecule has 5 rings (SSSR count). The SMILES string of the molecule is CC[C@]12N[C@H]1c1ncc(CN3CCN(c4cnc(C(=O)NC)nc4)CC3)cc1NC2=O. The lowest BCUT2D eigenvalue weighted by Gasteiger charge is -2.35. The number of hydrogen-bond donors (Lipinski definition) is 3. The molecule has 2 fully saturated rings. The van der Waals surface area contributed by atoms with Crippen molar-refractivity contribution in [2.24, 2.45) is 0 Å². The van der Waals surface area contributed by atoms with Crippen LogP contribution in [0, 0.1) is 0 Å². The Balaban J connectivity index is 1.19. The number of carbonyl (C=O) groups is 2. The maximum atomic E-state index is 12.4. The van der Waals surface area contributed by atoms with E-state index in [0.717, 1.165) is 61.8 Å². The van der Waals surface area contributed by atoms with Gasteiger partial charge in [0.15, 0.2) is 0 Å². The molecule has 31 heavy (non-hydrogen) atoms. The number of hydrogen-bond acceptors (Lipinski definition) is 8. The summed E-state index contributed by atoms with van der Waals surface area (Å²) in [5, 5.41) is 8.87. The van der Waals surface area contributed by atoms with Gasteiger partial charge in [-0.2, -0.15) is 0 Å². The minimum Gasteiger partial charge on any atom is -0.366 e. The van der Waals surface area contributed by atoms with E-state index in [0.29, 0.717) is 0 Å². The number of piperazine rings is 1. The van der Waals surface area contributed by atoms with Crippen LogP contribution in [0.25, 0.3) is 0 Å². The van der Waals surface area contributed by atoms with Gasteiger partial charge < -0.3 is 15.5 Å². The first-order valence-corrected chi connectivity index (χ1v) is 10.6. The molecule has 2 atom stereocenters. The Labute approximate surface area is 180 Å². The first kappa shape index (κ1) is 19.8. The molecule has 162 valence electrons. The van der Waals surface area contributed by atoms with Gasteiger partial charge in [0, 0.05) is 46.0 Å². The van der Waals surface area contributed by atoms with Crippen molar-refractivity contribution in [1.82, 2.24) is 30.5 Å². The Morgan fingerprint density at radius 2 is 1.94 bits per heavy atom. The Kier molecular flexibility index (Phi) is 4.82. The van der Waals surface area contributed by atoms with Crippen LogP contribution in [0.15, 0.2) is 24.7 Å². The number of pyridine rings is 1. The van der Waals surface area contributed by atoms with Gasteiger partial charge in [0.05, 0.1) is 35.5 Å². The second-order valence-electron chi connectivity index (χ2n) is 8.24. The van der Waals surface area contributed by atoms with Gasteiger partial charge >= 0.3 is 0 Å². The summed E-state index contributed by atoms with van der Waals surface area (Å²) in [6.07, 6.45) is 6.09. The maximum absolute atomic E-state index is 12.4. The van der Waals surface area contributed by atoms with Crippen molar-refractivity contribution in [2.45, 2.75) is 31.5 Å². The van der Waals surface area contributed by atoms with Gasteiger partial charge in [-0.3, -0.25) is 24.8 Å². The fourth-order valence-corrected chi connectivity index (χ4v) is 4.49. The van der Waals surface area contributed by atoms with Crippen LogP contribution < -0.4 is 20.9 Å². The lowest BCUT2D eigenvalue weighted by atomic mass is 9.94. The molecule has 0 radical (unpaired) electrons. The number of nitrogens with one attached hydrogen (secondary N) is 3. The molecule has 10 nitrogen and oxygen atoms in total. The molecule has 3 aliphatic heterocycles. The van der Waals surface area contributed by atoms with E-state index in [4.69, 9.17) is 0 Å². The highest BCUT2D eigenvalue weighted by molar-refractivity contribution is 6.04. The van der Waals surface area contributed by atoms with Crippen molar-refractivity contribution in [3.63, 3.8) is 0 Å². The molecular formula is C21H26N8O2. The van der Waals surface area contributed by atoms with Crippen molar-refractivity contribution < 1.29 is 9.59 Å². The van der Waals surface area contributed by atoms with Gasteiger partial charge in [-0.15, -0.1) is 0 Å². The lowest BCUT2D eigenvalue weighted by Crippen LogP contribution is -2.46. The van der Waals surface area contributed by atoms with E-state index < -0.39 is 5.54 Å². The molecule has 2 saturated heterocycles. The minimum atomic E-state index is -0.458. The zero-order valence-electron chi connectivity index (χ0n) is 17.7. The predicted molar refractivity (Wildman–Crippen MR) is 115 cm³/mol. The van der Waals surface area contributed by atoms with Crippen LogP contribution in [0.4, 0.5) is 11.4 Å². The smallest absolute Gasteiger partial charge is 0.288 e. The highest BCUT2D eigenvalue weighted by atomic mass is 16.2. The summed E-state index contributed by atoms with van der Waals surface area (Å²) in [5.74, 6) is -0.0664. The Morgan fingerprint density at radius 3 is 2.61 bits per heavy atom. The second kappa shape index (κ2) is 7.54. The fraction of sp³-hybridized carbons (Fsp3) is 0.476. The zero-order chi connectivity index (χ0) is 21.6. The molecule has 5 heterocycles. The van der Waals surface area contributed by atoms with E-state index in [1.807, 2.05) is 13.1 Å². The van der Waals surface area contributed by atoms with E-state index in [1.165, 1.54) is 0 Å². The van der Waals surface area contributed by atoms with Gasteiger partial charge in [0.25, 0.3) is 5.91 Å². The molecule has 0 saturated carbocycles. The van der Waals surface area contributed by atoms with E-state index in [1.54, 1.807) is 19.4 Å². The topological polar surface area (TPSA) is 125 Å². The molecule has 3 N–H and O–H groups in total. The highest BCUT2D eigenvalue weighted by Crippen LogP contribution is 2.49. The molecule has 0 unspecified atom stereocenters. The van der Waals surface area contributed by atoms with Gasteiger partial charge in [0.1, 0.15) is 5.54 Å². The molecule has 10 heteroatoms. The number of amides is 2.